The van der Waals surface area contributed by atoms with Crippen molar-refractivity contribution in [1.29, 1.82) is 0 Å². The summed E-state index contributed by atoms with van der Waals surface area (Å²) in [7, 11) is 0. The number of nitrogens with one attached hydrogen (secondary N) is 1. The molecule has 0 radical (unpaired) electrons. The zero-order chi connectivity index (χ0) is 12.9. The Labute approximate surface area is 113 Å². The first-order chi connectivity index (χ1) is 9.25. The van der Waals surface area contributed by atoms with E-state index in [1.54, 1.807) is 4.90 Å². The van der Waals surface area contributed by atoms with Crippen molar-refractivity contribution in [1.82, 2.24) is 0 Å². The van der Waals surface area contributed by atoms with Gasteiger partial charge in [-0.05, 0) is 22.4 Å². The van der Waals surface area contributed by atoms with E-state index >= 15 is 0 Å². The molecule has 2 N–H and O–H groups in total. The number of piperidine rings is 3. The Bertz CT molecular complexity index is 615. The highest BCUT2D eigenvalue weighted by Gasteiger charge is 2.49. The molecule has 2 aromatic carbocycles. The molecule has 0 saturated carbocycles. The molecule has 3 fully saturated rings. The molecule has 2 nitrogen and oxygen atoms in total. The van der Waals surface area contributed by atoms with E-state index in [2.05, 4.69) is 42.5 Å². The molecule has 98 valence electrons. The Balaban J connectivity index is 1.81. The predicted octanol–water partition coefficient (Wildman–Crippen LogP) is 1.34. The third kappa shape index (κ3) is 1.71. The molecule has 2 aromatic rings. The number of aliphatic hydroxyl groups is 1. The number of benzene rings is 2. The Morgan fingerprint density at radius 3 is 2.42 bits per heavy atom. The fraction of sp³-hybridized carbons (Fsp3) is 0.412. The Kier molecular flexibility index (Phi) is 2.44. The molecule has 1 unspecified atom stereocenters. The number of rotatable bonds is 1. The van der Waals surface area contributed by atoms with Crippen molar-refractivity contribution in [3.63, 3.8) is 0 Å². The summed E-state index contributed by atoms with van der Waals surface area (Å²) in [6.45, 7) is 3.36. The van der Waals surface area contributed by atoms with Crippen LogP contribution in [0.15, 0.2) is 42.5 Å². The van der Waals surface area contributed by atoms with Crippen molar-refractivity contribution in [3.8, 4) is 0 Å². The molecule has 3 aliphatic rings. The average molecular weight is 254 g/mol. The molecule has 0 aliphatic carbocycles. The van der Waals surface area contributed by atoms with E-state index < -0.39 is 5.60 Å². The standard InChI is InChI=1S/C17H19NO/c19-17(12-18-9-7-15(17)8-10-18)16-6-5-13-3-1-2-4-14(13)11-16/h1-6,11,15,19H,7-10,12H2/p+1. The quantitative estimate of drug-likeness (QED) is 0.788. The predicted molar refractivity (Wildman–Crippen MR) is 76.1 cm³/mol. The first-order valence-electron chi connectivity index (χ1n) is 7.31. The number of quaternary nitrogens is 1. The van der Waals surface area contributed by atoms with Gasteiger partial charge >= 0.3 is 0 Å². The van der Waals surface area contributed by atoms with E-state index in [-0.39, 0.29) is 0 Å². The van der Waals surface area contributed by atoms with E-state index in [0.29, 0.717) is 5.92 Å². The first kappa shape index (κ1) is 11.4. The third-order valence-electron chi connectivity index (χ3n) is 5.14. The van der Waals surface area contributed by atoms with Crippen LogP contribution in [0.4, 0.5) is 0 Å². The van der Waals surface area contributed by atoms with Crippen LogP contribution in [0.2, 0.25) is 0 Å². The van der Waals surface area contributed by atoms with Gasteiger partial charge in [0, 0.05) is 18.8 Å². The Morgan fingerprint density at radius 2 is 1.74 bits per heavy atom. The molecule has 5 rings (SSSR count). The molecule has 3 saturated heterocycles. The van der Waals surface area contributed by atoms with Crippen molar-refractivity contribution >= 4 is 10.8 Å². The molecule has 0 spiro atoms. The molecule has 0 amide bonds. The van der Waals surface area contributed by atoms with Gasteiger partial charge in [0.05, 0.1) is 13.1 Å². The highest BCUT2D eigenvalue weighted by molar-refractivity contribution is 5.83. The van der Waals surface area contributed by atoms with Gasteiger partial charge in [-0.2, -0.15) is 0 Å². The van der Waals surface area contributed by atoms with E-state index in [0.717, 1.165) is 12.1 Å². The second-order valence-corrected chi connectivity index (χ2v) is 6.19. The lowest BCUT2D eigenvalue weighted by molar-refractivity contribution is -0.927. The SMILES string of the molecule is OC1(c2ccc3ccccc3c2)C[NH+]2CCC1CC2. The lowest BCUT2D eigenvalue weighted by Gasteiger charge is -2.47. The van der Waals surface area contributed by atoms with Crippen LogP contribution in [0.25, 0.3) is 10.8 Å². The zero-order valence-corrected chi connectivity index (χ0v) is 11.1. The largest absolute Gasteiger partial charge is 0.379 e. The summed E-state index contributed by atoms with van der Waals surface area (Å²) in [5.74, 6) is 0.450. The van der Waals surface area contributed by atoms with Crippen molar-refractivity contribution in [3.05, 3.63) is 48.0 Å². The highest BCUT2D eigenvalue weighted by atomic mass is 16.3. The summed E-state index contributed by atoms with van der Waals surface area (Å²) in [5, 5.41) is 13.7. The van der Waals surface area contributed by atoms with Crippen LogP contribution >= 0.6 is 0 Å². The molecule has 2 heteroatoms. The van der Waals surface area contributed by atoms with Crippen molar-refractivity contribution in [2.24, 2.45) is 5.92 Å². The van der Waals surface area contributed by atoms with Crippen LogP contribution in [0.3, 0.4) is 0 Å². The van der Waals surface area contributed by atoms with Gasteiger partial charge in [0.1, 0.15) is 12.1 Å². The summed E-state index contributed by atoms with van der Waals surface area (Å²) in [6.07, 6.45) is 2.33. The van der Waals surface area contributed by atoms with Crippen LogP contribution in [0, 0.1) is 5.92 Å². The van der Waals surface area contributed by atoms with Crippen LogP contribution in [0.1, 0.15) is 18.4 Å². The van der Waals surface area contributed by atoms with Gasteiger partial charge in [0.15, 0.2) is 0 Å². The minimum absolute atomic E-state index is 0.450. The van der Waals surface area contributed by atoms with Crippen LogP contribution in [0.5, 0.6) is 0 Å². The van der Waals surface area contributed by atoms with Crippen molar-refractivity contribution in [2.75, 3.05) is 19.6 Å². The summed E-state index contributed by atoms with van der Waals surface area (Å²) in [6, 6.07) is 14.9. The topological polar surface area (TPSA) is 24.7 Å². The molecule has 3 heterocycles. The number of hydrogen-bond acceptors (Lipinski definition) is 1. The molecule has 19 heavy (non-hydrogen) atoms. The van der Waals surface area contributed by atoms with E-state index in [4.69, 9.17) is 0 Å². The van der Waals surface area contributed by atoms with E-state index in [1.165, 1.54) is 36.7 Å². The average Bonchev–Trinajstić information content (AvgIpc) is 2.48. The summed E-state index contributed by atoms with van der Waals surface area (Å²) < 4.78 is 0. The molecular weight excluding hydrogens is 234 g/mol. The molecular formula is C17H20NO+. The van der Waals surface area contributed by atoms with Gasteiger partial charge in [0.25, 0.3) is 0 Å². The van der Waals surface area contributed by atoms with Gasteiger partial charge in [-0.1, -0.05) is 36.4 Å². The summed E-state index contributed by atoms with van der Waals surface area (Å²) in [4.78, 5) is 1.57. The number of hydrogen-bond donors (Lipinski definition) is 2. The summed E-state index contributed by atoms with van der Waals surface area (Å²) in [5.41, 5.74) is 0.517. The van der Waals surface area contributed by atoms with Gasteiger partial charge in [-0.3, -0.25) is 0 Å². The maximum absolute atomic E-state index is 11.2. The lowest BCUT2D eigenvalue weighted by Crippen LogP contribution is -3.17. The maximum Gasteiger partial charge on any atom is 0.141 e. The van der Waals surface area contributed by atoms with Crippen LogP contribution in [-0.2, 0) is 5.60 Å². The molecule has 3 aliphatic heterocycles. The Morgan fingerprint density at radius 1 is 1.00 bits per heavy atom. The van der Waals surface area contributed by atoms with Gasteiger partial charge < -0.3 is 10.0 Å². The second-order valence-electron chi connectivity index (χ2n) is 6.19. The van der Waals surface area contributed by atoms with Crippen molar-refractivity contribution in [2.45, 2.75) is 18.4 Å². The smallest absolute Gasteiger partial charge is 0.141 e. The van der Waals surface area contributed by atoms with Gasteiger partial charge in [0.2, 0.25) is 0 Å². The van der Waals surface area contributed by atoms with Crippen molar-refractivity contribution < 1.29 is 10.0 Å². The second kappa shape index (κ2) is 4.06. The fourth-order valence-electron chi connectivity index (χ4n) is 4.00. The van der Waals surface area contributed by atoms with Gasteiger partial charge in [-0.25, -0.2) is 0 Å². The third-order valence-corrected chi connectivity index (χ3v) is 5.14. The lowest BCUT2D eigenvalue weighted by atomic mass is 9.71. The summed E-state index contributed by atoms with van der Waals surface area (Å²) >= 11 is 0. The monoisotopic (exact) mass is 254 g/mol. The van der Waals surface area contributed by atoms with Crippen LogP contribution < -0.4 is 4.90 Å². The number of fused-ring (bicyclic) bond motifs is 4. The van der Waals surface area contributed by atoms with E-state index in [9.17, 15) is 5.11 Å². The maximum atomic E-state index is 11.2. The zero-order valence-electron chi connectivity index (χ0n) is 11.1. The fourth-order valence-corrected chi connectivity index (χ4v) is 4.00. The Hall–Kier alpha value is -1.38. The van der Waals surface area contributed by atoms with E-state index in [1.807, 2.05) is 0 Å². The highest BCUT2D eigenvalue weighted by Crippen LogP contribution is 2.37. The van der Waals surface area contributed by atoms with Crippen LogP contribution in [-0.4, -0.2) is 24.7 Å². The minimum atomic E-state index is -0.601. The minimum Gasteiger partial charge on any atom is -0.379 e. The normalized spacial score (nSPS) is 33.7. The molecule has 0 aromatic heterocycles. The van der Waals surface area contributed by atoms with Gasteiger partial charge in [-0.15, -0.1) is 0 Å². The first-order valence-corrected chi connectivity index (χ1v) is 7.31. The molecule has 1 atom stereocenters. The molecule has 2 bridgehead atoms.